The molecule has 1 unspecified atom stereocenters. The first-order valence-corrected chi connectivity index (χ1v) is 6.53. The summed E-state index contributed by atoms with van der Waals surface area (Å²) in [6.45, 7) is 4.68. The highest BCUT2D eigenvalue weighted by molar-refractivity contribution is 5.69. The smallest absolute Gasteiger partial charge is 0.410 e. The van der Waals surface area contributed by atoms with Crippen molar-refractivity contribution in [2.75, 3.05) is 33.4 Å². The maximum Gasteiger partial charge on any atom is 0.410 e. The summed E-state index contributed by atoms with van der Waals surface area (Å²) in [5, 5.41) is 3.39. The van der Waals surface area contributed by atoms with Crippen LogP contribution in [-0.4, -0.2) is 44.3 Å². The number of amides is 1. The van der Waals surface area contributed by atoms with Crippen molar-refractivity contribution in [1.82, 2.24) is 10.2 Å². The third kappa shape index (κ3) is 3.38. The minimum Gasteiger partial charge on any atom is -0.497 e. The number of cyclic esters (lactones) is 1. The number of methoxy groups -OCH3 is 1. The zero-order valence-corrected chi connectivity index (χ0v) is 11.4. The summed E-state index contributed by atoms with van der Waals surface area (Å²) in [7, 11) is 1.65. The van der Waals surface area contributed by atoms with Gasteiger partial charge in [0.15, 0.2) is 0 Å². The Labute approximate surface area is 113 Å². The number of benzene rings is 1. The lowest BCUT2D eigenvalue weighted by molar-refractivity contribution is 0.156. The molecule has 0 saturated carbocycles. The maximum absolute atomic E-state index is 11.5. The topological polar surface area (TPSA) is 50.8 Å². The third-order valence-corrected chi connectivity index (χ3v) is 3.22. The van der Waals surface area contributed by atoms with E-state index in [9.17, 15) is 4.79 Å². The fourth-order valence-corrected chi connectivity index (χ4v) is 2.18. The Bertz CT molecular complexity index is 419. The van der Waals surface area contributed by atoms with Crippen molar-refractivity contribution < 1.29 is 14.3 Å². The lowest BCUT2D eigenvalue weighted by atomic mass is 10.1. The van der Waals surface area contributed by atoms with E-state index in [2.05, 4.69) is 12.2 Å². The van der Waals surface area contributed by atoms with Gasteiger partial charge in [-0.05, 0) is 24.2 Å². The number of hydrogen-bond acceptors (Lipinski definition) is 4. The van der Waals surface area contributed by atoms with E-state index < -0.39 is 0 Å². The third-order valence-electron chi connectivity index (χ3n) is 3.22. The molecule has 0 spiro atoms. The van der Waals surface area contributed by atoms with Crippen LogP contribution in [0.5, 0.6) is 5.75 Å². The monoisotopic (exact) mass is 264 g/mol. The summed E-state index contributed by atoms with van der Waals surface area (Å²) in [5.74, 6) is 0.833. The second-order valence-corrected chi connectivity index (χ2v) is 4.44. The highest BCUT2D eigenvalue weighted by Gasteiger charge is 2.25. The molecule has 2 rings (SSSR count). The maximum atomic E-state index is 11.5. The SMILES string of the molecule is CCNC(CN1CCOC1=O)c1ccc(OC)cc1. The van der Waals surface area contributed by atoms with E-state index in [1.54, 1.807) is 12.0 Å². The molecule has 1 aliphatic heterocycles. The van der Waals surface area contributed by atoms with Crippen LogP contribution in [0, 0.1) is 0 Å². The molecule has 1 atom stereocenters. The van der Waals surface area contributed by atoms with Crippen LogP contribution in [0.3, 0.4) is 0 Å². The molecule has 5 heteroatoms. The standard InChI is InChI=1S/C14H20N2O3/c1-3-15-13(10-16-8-9-19-14(16)17)11-4-6-12(18-2)7-5-11/h4-7,13,15H,3,8-10H2,1-2H3. The first-order chi connectivity index (χ1) is 9.24. The van der Waals surface area contributed by atoms with E-state index in [0.29, 0.717) is 19.7 Å². The van der Waals surface area contributed by atoms with Crippen molar-refractivity contribution >= 4 is 6.09 Å². The summed E-state index contributed by atoms with van der Waals surface area (Å²) in [5.41, 5.74) is 1.14. The van der Waals surface area contributed by atoms with Crippen molar-refractivity contribution in [2.45, 2.75) is 13.0 Å². The summed E-state index contributed by atoms with van der Waals surface area (Å²) in [6, 6.07) is 8.02. The Morgan fingerprint density at radius 2 is 2.16 bits per heavy atom. The number of carbonyl (C=O) groups is 1. The van der Waals surface area contributed by atoms with Gasteiger partial charge in [-0.25, -0.2) is 4.79 Å². The molecular formula is C14H20N2O3. The number of nitrogens with zero attached hydrogens (tertiary/aromatic N) is 1. The quantitative estimate of drug-likeness (QED) is 0.851. The van der Waals surface area contributed by atoms with Crippen LogP contribution in [0.15, 0.2) is 24.3 Å². The number of likely N-dealkylation sites (N-methyl/N-ethyl adjacent to an activating group) is 1. The van der Waals surface area contributed by atoms with E-state index in [0.717, 1.165) is 17.9 Å². The molecule has 0 bridgehead atoms. The fraction of sp³-hybridized carbons (Fsp3) is 0.500. The number of carbonyl (C=O) groups excluding carboxylic acids is 1. The average Bonchev–Trinajstić information content (AvgIpc) is 2.84. The van der Waals surface area contributed by atoms with Gasteiger partial charge < -0.3 is 19.7 Å². The van der Waals surface area contributed by atoms with Gasteiger partial charge in [0.2, 0.25) is 0 Å². The van der Waals surface area contributed by atoms with Gasteiger partial charge in [-0.1, -0.05) is 19.1 Å². The van der Waals surface area contributed by atoms with Gasteiger partial charge in [0.05, 0.1) is 19.7 Å². The summed E-state index contributed by atoms with van der Waals surface area (Å²) >= 11 is 0. The Morgan fingerprint density at radius 3 is 2.68 bits per heavy atom. The van der Waals surface area contributed by atoms with Crippen LogP contribution in [0.25, 0.3) is 0 Å². The second kappa shape index (κ2) is 6.43. The summed E-state index contributed by atoms with van der Waals surface area (Å²) in [6.07, 6.45) is -0.226. The van der Waals surface area contributed by atoms with Crippen molar-refractivity contribution in [3.8, 4) is 5.75 Å². The van der Waals surface area contributed by atoms with Crippen molar-refractivity contribution in [2.24, 2.45) is 0 Å². The van der Waals surface area contributed by atoms with E-state index in [1.165, 1.54) is 0 Å². The lowest BCUT2D eigenvalue weighted by Crippen LogP contribution is -2.35. The van der Waals surface area contributed by atoms with Crippen LogP contribution in [-0.2, 0) is 4.74 Å². The first-order valence-electron chi connectivity index (χ1n) is 6.53. The molecule has 1 saturated heterocycles. The zero-order chi connectivity index (χ0) is 13.7. The second-order valence-electron chi connectivity index (χ2n) is 4.44. The largest absolute Gasteiger partial charge is 0.497 e. The van der Waals surface area contributed by atoms with Crippen molar-refractivity contribution in [1.29, 1.82) is 0 Å². The van der Waals surface area contributed by atoms with Gasteiger partial charge >= 0.3 is 6.09 Å². The molecule has 0 radical (unpaired) electrons. The molecule has 0 aromatic heterocycles. The normalized spacial score (nSPS) is 16.3. The van der Waals surface area contributed by atoms with Crippen LogP contribution >= 0.6 is 0 Å². The molecular weight excluding hydrogens is 244 g/mol. The van der Waals surface area contributed by atoms with E-state index in [-0.39, 0.29) is 12.1 Å². The Hall–Kier alpha value is -1.75. The van der Waals surface area contributed by atoms with Gasteiger partial charge in [0.25, 0.3) is 0 Å². The molecule has 19 heavy (non-hydrogen) atoms. The van der Waals surface area contributed by atoms with Gasteiger partial charge in [-0.2, -0.15) is 0 Å². The van der Waals surface area contributed by atoms with Crippen LogP contribution in [0.1, 0.15) is 18.5 Å². The van der Waals surface area contributed by atoms with Gasteiger partial charge in [-0.15, -0.1) is 0 Å². The predicted molar refractivity (Wildman–Crippen MR) is 72.3 cm³/mol. The Kier molecular flexibility index (Phi) is 4.63. The van der Waals surface area contributed by atoms with Gasteiger partial charge in [-0.3, -0.25) is 0 Å². The molecule has 0 aliphatic carbocycles. The molecule has 1 heterocycles. The summed E-state index contributed by atoms with van der Waals surface area (Å²) < 4.78 is 10.1. The predicted octanol–water partition coefficient (Wildman–Crippen LogP) is 1.80. The molecule has 1 amide bonds. The average molecular weight is 264 g/mol. The Morgan fingerprint density at radius 1 is 1.42 bits per heavy atom. The van der Waals surface area contributed by atoms with Crippen molar-refractivity contribution in [3.05, 3.63) is 29.8 Å². The molecule has 1 aromatic carbocycles. The number of nitrogens with one attached hydrogen (secondary N) is 1. The van der Waals surface area contributed by atoms with Crippen LogP contribution in [0.4, 0.5) is 4.79 Å². The fourth-order valence-electron chi connectivity index (χ4n) is 2.18. The number of hydrogen-bond donors (Lipinski definition) is 1. The van der Waals surface area contributed by atoms with Crippen LogP contribution < -0.4 is 10.1 Å². The zero-order valence-electron chi connectivity index (χ0n) is 11.4. The van der Waals surface area contributed by atoms with Crippen LogP contribution in [0.2, 0.25) is 0 Å². The minimum absolute atomic E-state index is 0.113. The molecule has 1 fully saturated rings. The Balaban J connectivity index is 2.07. The van der Waals surface area contributed by atoms with E-state index in [4.69, 9.17) is 9.47 Å². The lowest BCUT2D eigenvalue weighted by Gasteiger charge is -2.23. The molecule has 1 N–H and O–H groups in total. The highest BCUT2D eigenvalue weighted by atomic mass is 16.6. The number of rotatable bonds is 6. The van der Waals surface area contributed by atoms with E-state index in [1.807, 2.05) is 24.3 Å². The van der Waals surface area contributed by atoms with Gasteiger partial charge in [0, 0.05) is 6.54 Å². The molecule has 1 aromatic rings. The molecule has 104 valence electrons. The number of ether oxygens (including phenoxy) is 2. The van der Waals surface area contributed by atoms with Gasteiger partial charge in [0.1, 0.15) is 12.4 Å². The molecule has 1 aliphatic rings. The van der Waals surface area contributed by atoms with E-state index >= 15 is 0 Å². The molecule has 5 nitrogen and oxygen atoms in total. The van der Waals surface area contributed by atoms with Crippen molar-refractivity contribution in [3.63, 3.8) is 0 Å². The highest BCUT2D eigenvalue weighted by Crippen LogP contribution is 2.20. The minimum atomic E-state index is -0.226. The first kappa shape index (κ1) is 13.7. The summed E-state index contributed by atoms with van der Waals surface area (Å²) in [4.78, 5) is 13.2.